The third kappa shape index (κ3) is 18.1. The van der Waals surface area contributed by atoms with Crippen LogP contribution in [0.3, 0.4) is 0 Å². The van der Waals surface area contributed by atoms with E-state index in [9.17, 15) is 0 Å². The summed E-state index contributed by atoms with van der Waals surface area (Å²) < 4.78 is 0. The predicted molar refractivity (Wildman–Crippen MR) is 33.5 cm³/mol. The van der Waals surface area contributed by atoms with E-state index in [1.807, 2.05) is 12.1 Å². The maximum atomic E-state index is 7.87. The predicted octanol–water partition coefficient (Wildman–Crippen LogP) is -1.58. The number of nitriles is 2. The van der Waals surface area contributed by atoms with Crippen molar-refractivity contribution in [2.45, 2.75) is 0 Å². The van der Waals surface area contributed by atoms with Gasteiger partial charge in [-0.05, 0) is 0 Å². The van der Waals surface area contributed by atoms with E-state index in [2.05, 4.69) is 5.32 Å². The molecule has 9 heavy (non-hydrogen) atoms. The summed E-state index contributed by atoms with van der Waals surface area (Å²) >= 11 is 0. The molecule has 0 aliphatic rings. The summed E-state index contributed by atoms with van der Waals surface area (Å²) in [6.07, 6.45) is 0. The largest absolute Gasteiger partial charge is 0.412 e. The molecule has 1 radical (unpaired) electrons. The van der Waals surface area contributed by atoms with Gasteiger partial charge in [0, 0.05) is 29.6 Å². The zero-order chi connectivity index (χ0) is 5.54. The Bertz CT molecular complexity index is 100.0. The van der Waals surface area contributed by atoms with Crippen LogP contribution in [-0.4, -0.2) is 48.1 Å². The van der Waals surface area contributed by atoms with E-state index in [4.69, 9.17) is 10.5 Å². The molecule has 0 aromatic rings. The van der Waals surface area contributed by atoms with E-state index < -0.39 is 0 Å². The van der Waals surface area contributed by atoms with Crippen LogP contribution in [0.5, 0.6) is 0 Å². The summed E-state index contributed by atoms with van der Waals surface area (Å²) in [5.74, 6) is 0. The van der Waals surface area contributed by atoms with Crippen LogP contribution in [-0.2, 0) is 0 Å². The van der Waals surface area contributed by atoms with Gasteiger partial charge in [0.05, 0.1) is 25.2 Å². The zero-order valence-corrected chi connectivity index (χ0v) is 7.31. The minimum atomic E-state index is 0. The van der Waals surface area contributed by atoms with Gasteiger partial charge >= 0.3 is 0 Å². The Kier molecular flexibility index (Phi) is 27.8. The summed E-state index contributed by atoms with van der Waals surface area (Å²) in [7, 11) is 0. The number of hydrogen-bond donors (Lipinski definition) is 1. The van der Waals surface area contributed by atoms with E-state index in [0.29, 0.717) is 0 Å². The van der Waals surface area contributed by atoms with E-state index in [0.717, 1.165) is 0 Å². The SMILES string of the molecule is N#CCNCC#N.O.[Na]. The maximum absolute atomic E-state index is 7.87. The van der Waals surface area contributed by atoms with Gasteiger partial charge in [0.25, 0.3) is 0 Å². The van der Waals surface area contributed by atoms with Gasteiger partial charge in [0.15, 0.2) is 0 Å². The molecule has 0 atom stereocenters. The van der Waals surface area contributed by atoms with E-state index >= 15 is 0 Å². The number of nitrogens with one attached hydrogen (secondary N) is 1. The summed E-state index contributed by atoms with van der Waals surface area (Å²) in [6.45, 7) is 0.515. The second kappa shape index (κ2) is 15.7. The molecule has 0 rings (SSSR count). The average molecular weight is 136 g/mol. The van der Waals surface area contributed by atoms with Crippen molar-refractivity contribution in [2.75, 3.05) is 13.1 Å². The maximum Gasteiger partial charge on any atom is 0.0848 e. The van der Waals surface area contributed by atoms with E-state index in [1.165, 1.54) is 0 Å². The van der Waals surface area contributed by atoms with Crippen molar-refractivity contribution < 1.29 is 5.48 Å². The summed E-state index contributed by atoms with van der Waals surface area (Å²) in [5, 5.41) is 18.3. The molecule has 0 amide bonds. The van der Waals surface area contributed by atoms with Crippen molar-refractivity contribution >= 4 is 29.6 Å². The molecule has 0 aliphatic heterocycles. The van der Waals surface area contributed by atoms with Gasteiger partial charge < -0.3 is 5.48 Å². The molecule has 45 valence electrons. The fraction of sp³-hybridized carbons (Fsp3) is 0.500. The first-order valence-electron chi connectivity index (χ1n) is 1.86. The quantitative estimate of drug-likeness (QED) is 0.282. The van der Waals surface area contributed by atoms with Gasteiger partial charge in [-0.2, -0.15) is 10.5 Å². The molecule has 0 fully saturated rings. The molecule has 0 spiro atoms. The third-order valence-electron chi connectivity index (χ3n) is 0.408. The smallest absolute Gasteiger partial charge is 0.0848 e. The first-order chi connectivity index (χ1) is 3.41. The zero-order valence-electron chi connectivity index (χ0n) is 5.31. The van der Waals surface area contributed by atoms with Crippen LogP contribution in [0.15, 0.2) is 0 Å². The molecule has 0 aromatic heterocycles. The number of hydrogen-bond acceptors (Lipinski definition) is 3. The Morgan fingerprint density at radius 3 is 1.67 bits per heavy atom. The first kappa shape index (κ1) is 16.0. The van der Waals surface area contributed by atoms with Gasteiger partial charge in [-0.3, -0.25) is 5.32 Å². The molecule has 4 nitrogen and oxygen atoms in total. The van der Waals surface area contributed by atoms with Crippen LogP contribution >= 0.6 is 0 Å². The van der Waals surface area contributed by atoms with Crippen molar-refractivity contribution in [3.63, 3.8) is 0 Å². The fourth-order valence-electron chi connectivity index (χ4n) is 0.174. The molecule has 0 aromatic carbocycles. The van der Waals surface area contributed by atoms with Crippen molar-refractivity contribution in [3.05, 3.63) is 0 Å². The van der Waals surface area contributed by atoms with Crippen LogP contribution < -0.4 is 5.32 Å². The van der Waals surface area contributed by atoms with Gasteiger partial charge in [-0.25, -0.2) is 0 Å². The van der Waals surface area contributed by atoms with Crippen molar-refractivity contribution in [1.29, 1.82) is 10.5 Å². The third-order valence-corrected chi connectivity index (χ3v) is 0.408. The minimum Gasteiger partial charge on any atom is -0.412 e. The summed E-state index contributed by atoms with van der Waals surface area (Å²) in [4.78, 5) is 0. The second-order valence-electron chi connectivity index (χ2n) is 0.920. The van der Waals surface area contributed by atoms with Gasteiger partial charge in [0.2, 0.25) is 0 Å². The monoisotopic (exact) mass is 136 g/mol. The van der Waals surface area contributed by atoms with Crippen molar-refractivity contribution in [2.24, 2.45) is 0 Å². The van der Waals surface area contributed by atoms with Crippen LogP contribution in [0.2, 0.25) is 0 Å². The van der Waals surface area contributed by atoms with Gasteiger partial charge in [-0.15, -0.1) is 0 Å². The second-order valence-corrected chi connectivity index (χ2v) is 0.920. The molecule has 3 N–H and O–H groups in total. The standard InChI is InChI=1S/C4H5N3.Na.H2O/c5-1-3-7-4-2-6;;/h7H,3-4H2;;1H2. The average Bonchev–Trinajstić information content (AvgIpc) is 1.69. The Balaban J connectivity index is -0.000000180. The Labute approximate surface area is 76.1 Å². The Hall–Kier alpha value is -0.100. The molecule has 0 bridgehead atoms. The summed E-state index contributed by atoms with van der Waals surface area (Å²) in [6, 6.07) is 3.68. The van der Waals surface area contributed by atoms with Crippen LogP contribution in [0.4, 0.5) is 0 Å². The summed E-state index contributed by atoms with van der Waals surface area (Å²) in [5.41, 5.74) is 0. The van der Waals surface area contributed by atoms with E-state index in [1.54, 1.807) is 0 Å². The Morgan fingerprint density at radius 2 is 1.44 bits per heavy atom. The van der Waals surface area contributed by atoms with Gasteiger partial charge in [-0.1, -0.05) is 0 Å². The molecular weight excluding hydrogens is 129 g/mol. The molecule has 0 heterocycles. The fourth-order valence-corrected chi connectivity index (χ4v) is 0.174. The van der Waals surface area contributed by atoms with Crippen LogP contribution in [0.1, 0.15) is 0 Å². The topological polar surface area (TPSA) is 91.1 Å². The molecular formula is C4H7N3NaO. The van der Waals surface area contributed by atoms with Crippen molar-refractivity contribution in [3.8, 4) is 12.1 Å². The molecule has 0 saturated carbocycles. The van der Waals surface area contributed by atoms with E-state index in [-0.39, 0.29) is 48.1 Å². The Morgan fingerprint density at radius 1 is 1.11 bits per heavy atom. The normalized spacial score (nSPS) is 5.11. The molecule has 0 saturated heterocycles. The molecule has 0 unspecified atom stereocenters. The van der Waals surface area contributed by atoms with Crippen LogP contribution in [0, 0.1) is 22.7 Å². The number of rotatable bonds is 2. The molecule has 5 heteroatoms. The molecule has 0 aliphatic carbocycles. The van der Waals surface area contributed by atoms with Gasteiger partial charge in [0.1, 0.15) is 0 Å². The first-order valence-corrected chi connectivity index (χ1v) is 1.86. The minimum absolute atomic E-state index is 0. The number of nitrogens with zero attached hydrogens (tertiary/aromatic N) is 2. The van der Waals surface area contributed by atoms with Crippen molar-refractivity contribution in [1.82, 2.24) is 5.32 Å². The van der Waals surface area contributed by atoms with Crippen LogP contribution in [0.25, 0.3) is 0 Å².